The van der Waals surface area contributed by atoms with Gasteiger partial charge in [-0.25, -0.2) is 9.78 Å². The third kappa shape index (κ3) is 4.00. The Bertz CT molecular complexity index is 1190. The van der Waals surface area contributed by atoms with E-state index in [1.807, 2.05) is 0 Å². The van der Waals surface area contributed by atoms with Crippen molar-refractivity contribution in [3.8, 4) is 5.75 Å². The number of non-ortho nitro benzene ring substituents is 1. The van der Waals surface area contributed by atoms with Gasteiger partial charge in [-0.3, -0.25) is 14.7 Å². The third-order valence-corrected chi connectivity index (χ3v) is 4.99. The van der Waals surface area contributed by atoms with Gasteiger partial charge in [-0.15, -0.1) is 0 Å². The molecule has 1 fully saturated rings. The monoisotopic (exact) mass is 448 g/mol. The molecule has 1 aromatic carbocycles. The van der Waals surface area contributed by atoms with Crippen molar-refractivity contribution in [3.05, 3.63) is 46.8 Å². The number of carbonyl (C=O) groups is 1. The van der Waals surface area contributed by atoms with Crippen molar-refractivity contribution in [1.82, 2.24) is 19.5 Å². The summed E-state index contributed by atoms with van der Waals surface area (Å²) in [5, 5.41) is 21.2. The van der Waals surface area contributed by atoms with Crippen LogP contribution in [0.2, 0.25) is 0 Å². The summed E-state index contributed by atoms with van der Waals surface area (Å²) in [5.74, 6) is -0.0921. The number of rotatable bonds is 5. The number of anilines is 1. The summed E-state index contributed by atoms with van der Waals surface area (Å²) in [7, 11) is 0. The predicted octanol–water partition coefficient (Wildman–Crippen LogP) is 1.71. The predicted molar refractivity (Wildman–Crippen MR) is 104 cm³/mol. The lowest BCUT2D eigenvalue weighted by Crippen LogP contribution is -2.41. The van der Waals surface area contributed by atoms with Gasteiger partial charge in [-0.2, -0.15) is 14.4 Å². The molecule has 0 saturated carbocycles. The van der Waals surface area contributed by atoms with Gasteiger partial charge < -0.3 is 25.1 Å². The molecule has 3 atom stereocenters. The Hall–Kier alpha value is -3.91. The van der Waals surface area contributed by atoms with Gasteiger partial charge in [0.05, 0.1) is 17.4 Å². The van der Waals surface area contributed by atoms with Crippen molar-refractivity contribution >= 4 is 28.8 Å². The van der Waals surface area contributed by atoms with Crippen LogP contribution in [0.1, 0.15) is 19.6 Å². The van der Waals surface area contributed by atoms with Crippen molar-refractivity contribution < 1.29 is 33.4 Å². The fourth-order valence-electron chi connectivity index (χ4n) is 3.26. The highest BCUT2D eigenvalue weighted by Crippen LogP contribution is 2.38. The van der Waals surface area contributed by atoms with Crippen molar-refractivity contribution in [2.24, 2.45) is 0 Å². The molecule has 168 valence electrons. The molecule has 13 nitrogen and oxygen atoms in total. The molecule has 1 saturated heterocycles. The van der Waals surface area contributed by atoms with E-state index in [2.05, 4.69) is 15.0 Å². The van der Waals surface area contributed by atoms with Gasteiger partial charge >= 0.3 is 12.2 Å². The number of carbonyl (C=O) groups excluding carboxylic acids is 1. The topological polar surface area (TPSA) is 178 Å². The molecule has 4 rings (SSSR count). The van der Waals surface area contributed by atoms with Crippen LogP contribution in [-0.4, -0.2) is 54.0 Å². The van der Waals surface area contributed by atoms with E-state index in [1.165, 1.54) is 42.1 Å². The molecule has 0 radical (unpaired) electrons. The molecular formula is C18H17FN6O7. The number of hydrogen-bond donors (Lipinski definition) is 2. The number of nitrogens with two attached hydrogens (primary N) is 1. The second-order valence-corrected chi connectivity index (χ2v) is 7.23. The van der Waals surface area contributed by atoms with Crippen LogP contribution in [0, 0.1) is 16.2 Å². The number of halogens is 1. The molecule has 2 aromatic heterocycles. The number of fused-ring (bicyclic) bond motifs is 1. The maximum Gasteiger partial charge on any atom is 0.513 e. The molecule has 32 heavy (non-hydrogen) atoms. The van der Waals surface area contributed by atoms with E-state index in [-0.39, 0.29) is 41.4 Å². The molecule has 0 spiro atoms. The number of benzene rings is 1. The molecule has 3 N–H and O–H groups in total. The first kappa shape index (κ1) is 21.3. The first-order chi connectivity index (χ1) is 15.2. The van der Waals surface area contributed by atoms with Gasteiger partial charge in [0.2, 0.25) is 0 Å². The van der Waals surface area contributed by atoms with E-state index in [4.69, 9.17) is 19.9 Å². The van der Waals surface area contributed by atoms with Gasteiger partial charge in [0.15, 0.2) is 17.0 Å². The summed E-state index contributed by atoms with van der Waals surface area (Å²) < 4.78 is 30.9. The highest BCUT2D eigenvalue weighted by atomic mass is 19.1. The first-order valence-electron chi connectivity index (χ1n) is 9.27. The number of nitro benzene ring substituents is 1. The van der Waals surface area contributed by atoms with Crippen LogP contribution in [0.4, 0.5) is 20.7 Å². The second kappa shape index (κ2) is 7.97. The smallest absolute Gasteiger partial charge is 0.431 e. The number of nitrogen functional groups attached to an aromatic ring is 1. The number of aliphatic hydroxyl groups is 1. The standard InChI is InChI=1S/C18H17FN6O7/c1-18(7-30-17(27)31-10-4-2-9(3-5-10)25(28)29)11(26)6-12(32-18)24-8-21-13-14(20)22-16(19)23-15(13)24/h2-5,8,11-12,26H,6-7H2,1H3,(H2,20,22,23)/t11-,12+,18+/m0/s1. The molecular weight excluding hydrogens is 431 g/mol. The molecule has 0 bridgehead atoms. The van der Waals surface area contributed by atoms with E-state index in [0.717, 1.165) is 0 Å². The zero-order valence-corrected chi connectivity index (χ0v) is 16.5. The Balaban J connectivity index is 1.41. The van der Waals surface area contributed by atoms with Gasteiger partial charge in [-0.1, -0.05) is 0 Å². The first-order valence-corrected chi connectivity index (χ1v) is 9.27. The zero-order valence-electron chi connectivity index (χ0n) is 16.5. The van der Waals surface area contributed by atoms with Crippen LogP contribution in [-0.2, 0) is 9.47 Å². The van der Waals surface area contributed by atoms with Gasteiger partial charge in [0.1, 0.15) is 24.2 Å². The summed E-state index contributed by atoms with van der Waals surface area (Å²) in [6, 6.07) is 4.84. The lowest BCUT2D eigenvalue weighted by Gasteiger charge is -2.26. The largest absolute Gasteiger partial charge is 0.513 e. The number of aromatic nitrogens is 4. The lowest BCUT2D eigenvalue weighted by atomic mass is 10.0. The van der Waals surface area contributed by atoms with Crippen molar-refractivity contribution in [2.75, 3.05) is 12.3 Å². The lowest BCUT2D eigenvalue weighted by molar-refractivity contribution is -0.384. The summed E-state index contributed by atoms with van der Waals surface area (Å²) in [5.41, 5.74) is 4.46. The molecule has 14 heteroatoms. The van der Waals surface area contributed by atoms with Gasteiger partial charge in [0, 0.05) is 18.6 Å². The van der Waals surface area contributed by atoms with E-state index in [1.54, 1.807) is 0 Å². The summed E-state index contributed by atoms with van der Waals surface area (Å²) in [6.07, 6.45) is -2.55. The molecule has 0 amide bonds. The highest BCUT2D eigenvalue weighted by molar-refractivity contribution is 5.81. The average molecular weight is 448 g/mol. The minimum atomic E-state index is -1.31. The second-order valence-electron chi connectivity index (χ2n) is 7.23. The normalized spacial score (nSPS) is 22.7. The summed E-state index contributed by atoms with van der Waals surface area (Å²) in [6.45, 7) is 1.16. The number of nitrogens with zero attached hydrogens (tertiary/aromatic N) is 5. The summed E-state index contributed by atoms with van der Waals surface area (Å²) >= 11 is 0. The van der Waals surface area contributed by atoms with Crippen LogP contribution >= 0.6 is 0 Å². The molecule has 1 aliphatic heterocycles. The molecule has 0 aliphatic carbocycles. The average Bonchev–Trinajstić information content (AvgIpc) is 3.28. The number of ether oxygens (including phenoxy) is 3. The maximum absolute atomic E-state index is 13.6. The Morgan fingerprint density at radius 2 is 2.16 bits per heavy atom. The number of hydrogen-bond acceptors (Lipinski definition) is 11. The Kier molecular flexibility index (Phi) is 5.31. The van der Waals surface area contributed by atoms with Crippen LogP contribution in [0.25, 0.3) is 11.2 Å². The van der Waals surface area contributed by atoms with E-state index in [0.29, 0.717) is 0 Å². The van der Waals surface area contributed by atoms with Gasteiger partial charge in [-0.05, 0) is 19.1 Å². The van der Waals surface area contributed by atoms with E-state index < -0.39 is 35.1 Å². The van der Waals surface area contributed by atoms with E-state index in [9.17, 15) is 24.4 Å². The quantitative estimate of drug-likeness (QED) is 0.191. The molecule has 1 aliphatic rings. The summed E-state index contributed by atoms with van der Waals surface area (Å²) in [4.78, 5) is 33.2. The number of nitro groups is 1. The number of aliphatic hydroxyl groups excluding tert-OH is 1. The van der Waals surface area contributed by atoms with Gasteiger partial charge in [0.25, 0.3) is 5.69 Å². The third-order valence-electron chi connectivity index (χ3n) is 4.99. The van der Waals surface area contributed by atoms with Crippen LogP contribution in [0.15, 0.2) is 30.6 Å². The minimum Gasteiger partial charge on any atom is -0.431 e. The Morgan fingerprint density at radius 3 is 2.84 bits per heavy atom. The van der Waals surface area contributed by atoms with Crippen LogP contribution in [0.3, 0.4) is 0 Å². The maximum atomic E-state index is 13.6. The molecule has 0 unspecified atom stereocenters. The molecule has 3 aromatic rings. The highest BCUT2D eigenvalue weighted by Gasteiger charge is 2.47. The fourth-order valence-corrected chi connectivity index (χ4v) is 3.26. The Morgan fingerprint density at radius 1 is 1.44 bits per heavy atom. The molecule has 3 heterocycles. The Labute approximate surface area is 178 Å². The van der Waals surface area contributed by atoms with Crippen LogP contribution < -0.4 is 10.5 Å². The van der Waals surface area contributed by atoms with Crippen LogP contribution in [0.5, 0.6) is 5.75 Å². The SMILES string of the molecule is C[C@]1(COC(=O)Oc2ccc([N+](=O)[O-])cc2)O[C@@H](n2cnc3c(N)nc(F)nc32)C[C@@H]1O. The number of imidazole rings is 1. The van der Waals surface area contributed by atoms with Crippen molar-refractivity contribution in [3.63, 3.8) is 0 Å². The zero-order chi connectivity index (χ0) is 23.0. The van der Waals surface area contributed by atoms with E-state index >= 15 is 0 Å². The minimum absolute atomic E-state index is 0.0423. The fraction of sp³-hybridized carbons (Fsp3) is 0.333. The van der Waals surface area contributed by atoms with Crippen molar-refractivity contribution in [1.29, 1.82) is 0 Å². The van der Waals surface area contributed by atoms with Crippen molar-refractivity contribution in [2.45, 2.75) is 31.3 Å².